The molecule has 0 aliphatic carbocycles. The van der Waals surface area contributed by atoms with Crippen molar-refractivity contribution in [3.8, 4) is 5.75 Å². The Morgan fingerprint density at radius 2 is 2.32 bits per heavy atom. The van der Waals surface area contributed by atoms with Gasteiger partial charge < -0.3 is 15.4 Å². The summed E-state index contributed by atoms with van der Waals surface area (Å²) in [6.07, 6.45) is 2.82. The molecule has 1 saturated heterocycles. The Morgan fingerprint density at radius 1 is 1.53 bits per heavy atom. The molecule has 1 amide bonds. The van der Waals surface area contributed by atoms with Crippen molar-refractivity contribution in [1.82, 2.24) is 10.6 Å². The van der Waals surface area contributed by atoms with Crippen LogP contribution in [0.4, 0.5) is 0 Å². The van der Waals surface area contributed by atoms with Gasteiger partial charge in [0, 0.05) is 18.0 Å². The van der Waals surface area contributed by atoms with Crippen molar-refractivity contribution in [2.75, 3.05) is 13.7 Å². The minimum Gasteiger partial charge on any atom is -0.496 e. The zero-order valence-corrected chi connectivity index (χ0v) is 11.6. The molecule has 4 nitrogen and oxygen atoms in total. The lowest BCUT2D eigenvalue weighted by Crippen LogP contribution is -2.33. The fraction of sp³-hybridized carbons (Fsp3) is 0.533. The van der Waals surface area contributed by atoms with Crippen LogP contribution in [0.15, 0.2) is 24.3 Å². The van der Waals surface area contributed by atoms with Crippen LogP contribution in [-0.4, -0.2) is 25.6 Å². The van der Waals surface area contributed by atoms with Crippen molar-refractivity contribution in [1.29, 1.82) is 0 Å². The molecule has 2 atom stereocenters. The molecule has 2 N–H and O–H groups in total. The largest absolute Gasteiger partial charge is 0.496 e. The molecule has 1 aromatic carbocycles. The lowest BCUT2D eigenvalue weighted by molar-refractivity contribution is -0.122. The minimum absolute atomic E-state index is 0.0370. The van der Waals surface area contributed by atoms with Gasteiger partial charge in [-0.2, -0.15) is 0 Å². The number of hydrogen-bond acceptors (Lipinski definition) is 3. The number of para-hydroxylation sites is 1. The van der Waals surface area contributed by atoms with Crippen LogP contribution in [0, 0.1) is 0 Å². The molecule has 0 aromatic heterocycles. The smallest absolute Gasteiger partial charge is 0.222 e. The van der Waals surface area contributed by atoms with Gasteiger partial charge in [0.05, 0.1) is 13.2 Å². The Morgan fingerprint density at radius 3 is 3.00 bits per heavy atom. The summed E-state index contributed by atoms with van der Waals surface area (Å²) in [6.45, 7) is 3.01. The SMILES string of the molecule is COc1ccccc1[C@@H](C)NC(=O)CC1CCCN1. The van der Waals surface area contributed by atoms with E-state index in [0.29, 0.717) is 12.5 Å². The maximum Gasteiger partial charge on any atom is 0.222 e. The van der Waals surface area contributed by atoms with E-state index in [0.717, 1.165) is 24.3 Å². The number of ether oxygens (including phenoxy) is 1. The third-order valence-electron chi connectivity index (χ3n) is 3.58. The van der Waals surface area contributed by atoms with Gasteiger partial charge in [-0.25, -0.2) is 0 Å². The number of methoxy groups -OCH3 is 1. The van der Waals surface area contributed by atoms with Crippen LogP contribution in [0.3, 0.4) is 0 Å². The third-order valence-corrected chi connectivity index (χ3v) is 3.58. The van der Waals surface area contributed by atoms with Crippen molar-refractivity contribution < 1.29 is 9.53 Å². The molecule has 0 radical (unpaired) electrons. The van der Waals surface area contributed by atoms with E-state index in [9.17, 15) is 4.79 Å². The number of carbonyl (C=O) groups excluding carboxylic acids is 1. The van der Waals surface area contributed by atoms with Gasteiger partial charge in [0.25, 0.3) is 0 Å². The fourth-order valence-corrected chi connectivity index (χ4v) is 2.56. The second kappa shape index (κ2) is 6.57. The molecular formula is C15H22N2O2. The van der Waals surface area contributed by atoms with Crippen LogP contribution >= 0.6 is 0 Å². The Hall–Kier alpha value is -1.55. The number of hydrogen-bond donors (Lipinski definition) is 2. The molecule has 1 unspecified atom stereocenters. The van der Waals surface area contributed by atoms with Gasteiger partial charge in [-0.1, -0.05) is 18.2 Å². The van der Waals surface area contributed by atoms with E-state index < -0.39 is 0 Å². The highest BCUT2D eigenvalue weighted by molar-refractivity contribution is 5.77. The summed E-state index contributed by atoms with van der Waals surface area (Å²) < 4.78 is 5.32. The highest BCUT2D eigenvalue weighted by Crippen LogP contribution is 2.24. The summed E-state index contributed by atoms with van der Waals surface area (Å²) >= 11 is 0. The number of carbonyl (C=O) groups is 1. The zero-order valence-electron chi connectivity index (χ0n) is 11.6. The molecule has 0 saturated carbocycles. The van der Waals surface area contributed by atoms with E-state index in [-0.39, 0.29) is 11.9 Å². The molecule has 104 valence electrons. The van der Waals surface area contributed by atoms with Gasteiger partial charge in [-0.15, -0.1) is 0 Å². The van der Waals surface area contributed by atoms with Crippen molar-refractivity contribution >= 4 is 5.91 Å². The van der Waals surface area contributed by atoms with Crippen LogP contribution < -0.4 is 15.4 Å². The molecule has 1 fully saturated rings. The highest BCUT2D eigenvalue weighted by atomic mass is 16.5. The predicted molar refractivity (Wildman–Crippen MR) is 75.2 cm³/mol. The van der Waals surface area contributed by atoms with Crippen molar-refractivity contribution in [3.63, 3.8) is 0 Å². The maximum absolute atomic E-state index is 12.0. The first kappa shape index (κ1) is 13.9. The van der Waals surface area contributed by atoms with E-state index >= 15 is 0 Å². The first-order valence-corrected chi connectivity index (χ1v) is 6.86. The van der Waals surface area contributed by atoms with Crippen molar-refractivity contribution in [3.05, 3.63) is 29.8 Å². The van der Waals surface area contributed by atoms with Gasteiger partial charge in [0.15, 0.2) is 0 Å². The number of rotatable bonds is 5. The van der Waals surface area contributed by atoms with Crippen molar-refractivity contribution in [2.24, 2.45) is 0 Å². The van der Waals surface area contributed by atoms with Crippen LogP contribution in [0.2, 0.25) is 0 Å². The fourth-order valence-electron chi connectivity index (χ4n) is 2.56. The highest BCUT2D eigenvalue weighted by Gasteiger charge is 2.19. The average molecular weight is 262 g/mol. The summed E-state index contributed by atoms with van der Waals surface area (Å²) in [4.78, 5) is 12.0. The molecular weight excluding hydrogens is 240 g/mol. The van der Waals surface area contributed by atoms with E-state index in [1.807, 2.05) is 31.2 Å². The predicted octanol–water partition coefficient (Wildman–Crippen LogP) is 2.01. The molecule has 1 aliphatic heterocycles. The first-order chi connectivity index (χ1) is 9.20. The molecule has 1 aliphatic rings. The molecule has 1 aromatic rings. The second-order valence-corrected chi connectivity index (χ2v) is 5.03. The number of amides is 1. The van der Waals surface area contributed by atoms with Crippen LogP contribution in [-0.2, 0) is 4.79 Å². The van der Waals surface area contributed by atoms with E-state index in [1.54, 1.807) is 7.11 Å². The van der Waals surface area contributed by atoms with E-state index in [4.69, 9.17) is 4.74 Å². The second-order valence-electron chi connectivity index (χ2n) is 5.03. The van der Waals surface area contributed by atoms with E-state index in [1.165, 1.54) is 6.42 Å². The number of nitrogens with one attached hydrogen (secondary N) is 2. The van der Waals surface area contributed by atoms with E-state index in [2.05, 4.69) is 10.6 Å². The Labute approximate surface area is 114 Å². The van der Waals surface area contributed by atoms with Crippen LogP contribution in [0.1, 0.15) is 37.8 Å². The lowest BCUT2D eigenvalue weighted by atomic mass is 10.1. The van der Waals surface area contributed by atoms with Crippen LogP contribution in [0.25, 0.3) is 0 Å². The summed E-state index contributed by atoms with van der Waals surface area (Å²) in [7, 11) is 1.65. The average Bonchev–Trinajstić information content (AvgIpc) is 2.91. The third kappa shape index (κ3) is 3.70. The minimum atomic E-state index is -0.0370. The summed E-state index contributed by atoms with van der Waals surface area (Å²) in [5.41, 5.74) is 1.01. The first-order valence-electron chi connectivity index (χ1n) is 6.86. The quantitative estimate of drug-likeness (QED) is 0.853. The van der Waals surface area contributed by atoms with Gasteiger partial charge in [-0.05, 0) is 32.4 Å². The summed E-state index contributed by atoms with van der Waals surface area (Å²) in [5, 5.41) is 6.38. The molecule has 1 heterocycles. The topological polar surface area (TPSA) is 50.4 Å². The van der Waals surface area contributed by atoms with Gasteiger partial charge >= 0.3 is 0 Å². The number of benzene rings is 1. The Bertz CT molecular complexity index is 428. The molecule has 0 spiro atoms. The Balaban J connectivity index is 1.92. The van der Waals surface area contributed by atoms with Gasteiger partial charge in [0.1, 0.15) is 5.75 Å². The molecule has 4 heteroatoms. The normalized spacial score (nSPS) is 20.0. The lowest BCUT2D eigenvalue weighted by Gasteiger charge is -2.18. The molecule has 19 heavy (non-hydrogen) atoms. The maximum atomic E-state index is 12.0. The van der Waals surface area contributed by atoms with Crippen LogP contribution in [0.5, 0.6) is 5.75 Å². The Kier molecular flexibility index (Phi) is 4.80. The summed E-state index contributed by atoms with van der Waals surface area (Å²) in [5.74, 6) is 0.909. The zero-order chi connectivity index (χ0) is 13.7. The molecule has 0 bridgehead atoms. The monoisotopic (exact) mass is 262 g/mol. The molecule has 2 rings (SSSR count). The standard InChI is InChI=1S/C15H22N2O2/c1-11(13-7-3-4-8-14(13)19-2)17-15(18)10-12-6-5-9-16-12/h3-4,7-8,11-12,16H,5-6,9-10H2,1-2H3,(H,17,18)/t11-,12?/m1/s1. The summed E-state index contributed by atoms with van der Waals surface area (Å²) in [6, 6.07) is 8.09. The van der Waals surface area contributed by atoms with Gasteiger partial charge in [0.2, 0.25) is 5.91 Å². The van der Waals surface area contributed by atoms with Crippen molar-refractivity contribution in [2.45, 2.75) is 38.3 Å². The van der Waals surface area contributed by atoms with Gasteiger partial charge in [-0.3, -0.25) is 4.79 Å².